The molecular formula is C7H7N3O. The summed E-state index contributed by atoms with van der Waals surface area (Å²) in [4.78, 5) is 11.0. The maximum absolute atomic E-state index is 11.0. The minimum absolute atomic E-state index is 0.0820. The van der Waals surface area contributed by atoms with Gasteiger partial charge < -0.3 is 0 Å². The molecule has 0 saturated carbocycles. The average molecular weight is 149 g/mol. The second-order valence-corrected chi connectivity index (χ2v) is 2.08. The molecule has 0 atom stereocenters. The zero-order valence-corrected chi connectivity index (χ0v) is 6.11. The lowest BCUT2D eigenvalue weighted by Gasteiger charge is -1.84. The third-order valence-corrected chi connectivity index (χ3v) is 1.15. The van der Waals surface area contributed by atoms with Gasteiger partial charge >= 0.3 is 0 Å². The molecule has 0 aliphatic heterocycles. The second kappa shape index (κ2) is 2.97. The van der Waals surface area contributed by atoms with Crippen LogP contribution in [0, 0.1) is 12.3 Å². The molecule has 0 bridgehead atoms. The van der Waals surface area contributed by atoms with Gasteiger partial charge in [0.25, 0.3) is 0 Å². The highest BCUT2D eigenvalue weighted by atomic mass is 16.1. The van der Waals surface area contributed by atoms with Crippen molar-refractivity contribution in [3.8, 4) is 12.3 Å². The summed E-state index contributed by atoms with van der Waals surface area (Å²) < 4.78 is 1.46. The lowest BCUT2D eigenvalue weighted by Crippen LogP contribution is -1.97. The molecule has 11 heavy (non-hydrogen) atoms. The van der Waals surface area contributed by atoms with E-state index in [9.17, 15) is 4.79 Å². The molecule has 4 heteroatoms. The minimum Gasteiger partial charge on any atom is -0.291 e. The van der Waals surface area contributed by atoms with Crippen molar-refractivity contribution >= 4 is 5.78 Å². The molecule has 0 aliphatic carbocycles. The van der Waals surface area contributed by atoms with Crippen LogP contribution in [-0.4, -0.2) is 20.8 Å². The summed E-state index contributed by atoms with van der Waals surface area (Å²) in [7, 11) is 1.69. The van der Waals surface area contributed by atoms with Crippen molar-refractivity contribution in [2.45, 2.75) is 6.42 Å². The molecule has 1 rings (SSSR count). The number of rotatable bonds is 2. The van der Waals surface area contributed by atoms with E-state index < -0.39 is 0 Å². The predicted octanol–water partition coefficient (Wildman–Crippen LogP) is 0.0211. The monoisotopic (exact) mass is 149 g/mol. The van der Waals surface area contributed by atoms with Crippen LogP contribution in [0.3, 0.4) is 0 Å². The van der Waals surface area contributed by atoms with Crippen molar-refractivity contribution in [1.29, 1.82) is 0 Å². The minimum atomic E-state index is -0.166. The van der Waals surface area contributed by atoms with Gasteiger partial charge in [0.05, 0.1) is 12.6 Å². The zero-order chi connectivity index (χ0) is 8.27. The Labute approximate surface area is 64.2 Å². The van der Waals surface area contributed by atoms with Gasteiger partial charge in [-0.2, -0.15) is 0 Å². The third-order valence-electron chi connectivity index (χ3n) is 1.15. The number of carbonyl (C=O) groups is 1. The fourth-order valence-electron chi connectivity index (χ4n) is 0.658. The Kier molecular flexibility index (Phi) is 2.02. The lowest BCUT2D eigenvalue weighted by atomic mass is 10.2. The Morgan fingerprint density at radius 1 is 1.91 bits per heavy atom. The molecule has 0 aromatic carbocycles. The Bertz CT molecular complexity index is 308. The van der Waals surface area contributed by atoms with Crippen LogP contribution in [0.25, 0.3) is 0 Å². The fourth-order valence-corrected chi connectivity index (χ4v) is 0.658. The number of Topliss-reactive ketones (excluding diaryl/α,β-unsaturated/α-hetero) is 1. The lowest BCUT2D eigenvalue weighted by molar-refractivity contribution is 0.0993. The first-order chi connectivity index (χ1) is 5.24. The number of nitrogens with zero attached hydrogens (tertiary/aromatic N) is 3. The maximum atomic E-state index is 11.0. The molecule has 0 radical (unpaired) electrons. The van der Waals surface area contributed by atoms with E-state index in [2.05, 4.69) is 16.2 Å². The molecule has 0 aliphatic rings. The third kappa shape index (κ3) is 1.64. The van der Waals surface area contributed by atoms with Crippen molar-refractivity contribution in [2.75, 3.05) is 0 Å². The van der Waals surface area contributed by atoms with E-state index in [4.69, 9.17) is 6.42 Å². The van der Waals surface area contributed by atoms with E-state index in [1.54, 1.807) is 13.2 Å². The van der Waals surface area contributed by atoms with Gasteiger partial charge in [-0.3, -0.25) is 9.48 Å². The maximum Gasteiger partial charge on any atom is 0.196 e. The van der Waals surface area contributed by atoms with Crippen LogP contribution in [0.15, 0.2) is 6.20 Å². The molecular weight excluding hydrogens is 142 g/mol. The van der Waals surface area contributed by atoms with Gasteiger partial charge in [-0.15, -0.1) is 11.5 Å². The summed E-state index contributed by atoms with van der Waals surface area (Å²) >= 11 is 0. The topological polar surface area (TPSA) is 47.8 Å². The highest BCUT2D eigenvalue weighted by molar-refractivity contribution is 5.95. The number of aromatic nitrogens is 3. The predicted molar refractivity (Wildman–Crippen MR) is 38.8 cm³/mol. The first-order valence-electron chi connectivity index (χ1n) is 3.07. The van der Waals surface area contributed by atoms with Crippen LogP contribution in [-0.2, 0) is 7.05 Å². The molecule has 0 fully saturated rings. The van der Waals surface area contributed by atoms with Crippen LogP contribution in [0.2, 0.25) is 0 Å². The molecule has 4 nitrogen and oxygen atoms in total. The van der Waals surface area contributed by atoms with E-state index in [0.29, 0.717) is 5.69 Å². The summed E-state index contributed by atoms with van der Waals surface area (Å²) in [5, 5.41) is 7.20. The van der Waals surface area contributed by atoms with Crippen molar-refractivity contribution < 1.29 is 4.79 Å². The van der Waals surface area contributed by atoms with Gasteiger partial charge in [0.2, 0.25) is 0 Å². The highest BCUT2D eigenvalue weighted by Gasteiger charge is 2.06. The molecule has 1 aromatic heterocycles. The number of ketones is 1. The Balaban J connectivity index is 2.78. The summed E-state index contributed by atoms with van der Waals surface area (Å²) in [6, 6.07) is 0. The largest absolute Gasteiger partial charge is 0.291 e. The number of hydrogen-bond acceptors (Lipinski definition) is 3. The van der Waals surface area contributed by atoms with E-state index in [1.165, 1.54) is 4.68 Å². The molecule has 0 unspecified atom stereocenters. The smallest absolute Gasteiger partial charge is 0.196 e. The van der Waals surface area contributed by atoms with Crippen molar-refractivity contribution in [3.05, 3.63) is 11.9 Å². The van der Waals surface area contributed by atoms with Crippen LogP contribution in [0.1, 0.15) is 16.9 Å². The number of carbonyl (C=O) groups excluding carboxylic acids is 1. The van der Waals surface area contributed by atoms with Crippen LogP contribution in [0.4, 0.5) is 0 Å². The first-order valence-corrected chi connectivity index (χ1v) is 3.07. The van der Waals surface area contributed by atoms with Gasteiger partial charge in [-0.1, -0.05) is 11.1 Å². The van der Waals surface area contributed by atoms with Gasteiger partial charge in [0.1, 0.15) is 5.69 Å². The van der Waals surface area contributed by atoms with E-state index in [1.807, 2.05) is 0 Å². The molecule has 56 valence electrons. The Morgan fingerprint density at radius 2 is 2.64 bits per heavy atom. The Hall–Kier alpha value is -1.63. The summed E-state index contributed by atoms with van der Waals surface area (Å²) in [6.07, 6.45) is 6.57. The normalized spacial score (nSPS) is 9.09. The molecule has 0 saturated heterocycles. The first kappa shape index (κ1) is 7.48. The van der Waals surface area contributed by atoms with Crippen LogP contribution < -0.4 is 0 Å². The van der Waals surface area contributed by atoms with Crippen molar-refractivity contribution in [3.63, 3.8) is 0 Å². The van der Waals surface area contributed by atoms with E-state index in [0.717, 1.165) is 0 Å². The standard InChI is InChI=1S/C7H7N3O/c1-3-4-7(11)6-5-10(2)9-8-6/h1,5H,4H2,2H3. The zero-order valence-electron chi connectivity index (χ0n) is 6.11. The van der Waals surface area contributed by atoms with E-state index in [-0.39, 0.29) is 12.2 Å². The van der Waals surface area contributed by atoms with Gasteiger partial charge in [-0.25, -0.2) is 0 Å². The van der Waals surface area contributed by atoms with Gasteiger partial charge in [0, 0.05) is 7.05 Å². The van der Waals surface area contributed by atoms with Gasteiger partial charge in [-0.05, 0) is 0 Å². The number of terminal acetylenes is 1. The summed E-state index contributed by atoms with van der Waals surface area (Å²) in [6.45, 7) is 0. The highest BCUT2D eigenvalue weighted by Crippen LogP contribution is 1.95. The molecule has 1 heterocycles. The molecule has 0 spiro atoms. The quantitative estimate of drug-likeness (QED) is 0.440. The van der Waals surface area contributed by atoms with Crippen LogP contribution in [0.5, 0.6) is 0 Å². The summed E-state index contributed by atoms with van der Waals surface area (Å²) in [5.41, 5.74) is 0.324. The van der Waals surface area contributed by atoms with Gasteiger partial charge in [0.15, 0.2) is 5.78 Å². The Morgan fingerprint density at radius 3 is 3.09 bits per heavy atom. The van der Waals surface area contributed by atoms with Crippen molar-refractivity contribution in [1.82, 2.24) is 15.0 Å². The number of hydrogen-bond donors (Lipinski definition) is 0. The molecule has 1 aromatic rings. The second-order valence-electron chi connectivity index (χ2n) is 2.08. The molecule has 0 amide bonds. The average Bonchev–Trinajstić information content (AvgIpc) is 2.36. The number of aryl methyl sites for hydroxylation is 1. The summed E-state index contributed by atoms with van der Waals surface area (Å²) in [5.74, 6) is 2.08. The van der Waals surface area contributed by atoms with E-state index >= 15 is 0 Å². The fraction of sp³-hybridized carbons (Fsp3) is 0.286. The molecule has 0 N–H and O–H groups in total. The van der Waals surface area contributed by atoms with Crippen LogP contribution >= 0.6 is 0 Å². The van der Waals surface area contributed by atoms with Crippen molar-refractivity contribution in [2.24, 2.45) is 7.05 Å². The SMILES string of the molecule is C#CCC(=O)c1cn(C)nn1.